The van der Waals surface area contributed by atoms with Crippen LogP contribution >= 0.6 is 0 Å². The molecular weight excluding hydrogens is 344 g/mol. The average Bonchev–Trinajstić information content (AvgIpc) is 2.69. The number of hydrogen-bond donors (Lipinski definition) is 1. The van der Waals surface area contributed by atoms with Crippen LogP contribution in [0.15, 0.2) is 30.3 Å². The zero-order valence-electron chi connectivity index (χ0n) is 16.8. The first kappa shape index (κ1) is 18.4. The molecule has 1 aromatic carbocycles. The zero-order chi connectivity index (χ0) is 19.4. The van der Waals surface area contributed by atoms with E-state index in [1.54, 1.807) is 0 Å². The van der Waals surface area contributed by atoms with Crippen molar-refractivity contribution in [3.8, 4) is 6.07 Å². The van der Waals surface area contributed by atoms with Gasteiger partial charge in [0.15, 0.2) is 0 Å². The molecule has 2 N–H and O–H groups in total. The maximum absolute atomic E-state index is 13.7. The lowest BCUT2D eigenvalue weighted by Crippen LogP contribution is -2.60. The summed E-state index contributed by atoms with van der Waals surface area (Å²) in [5.41, 5.74) is 6.91. The Balaban J connectivity index is 1.46. The van der Waals surface area contributed by atoms with Gasteiger partial charge >= 0.3 is 0 Å². The lowest BCUT2D eigenvalue weighted by atomic mass is 9.38. The number of nitriles is 1. The van der Waals surface area contributed by atoms with E-state index in [-0.39, 0.29) is 16.2 Å². The summed E-state index contributed by atoms with van der Waals surface area (Å²) in [6.45, 7) is 0. The lowest BCUT2D eigenvalue weighted by Gasteiger charge is -2.64. The highest BCUT2D eigenvalue weighted by atomic mass is 16.1. The second-order valence-corrected chi connectivity index (χ2v) is 10.7. The van der Waals surface area contributed by atoms with Crippen LogP contribution in [0.5, 0.6) is 0 Å². The van der Waals surface area contributed by atoms with Crippen molar-refractivity contribution in [1.82, 2.24) is 0 Å². The maximum Gasteiger partial charge on any atom is 0.139 e. The van der Waals surface area contributed by atoms with E-state index in [2.05, 4.69) is 36.4 Å². The summed E-state index contributed by atoms with van der Waals surface area (Å²) < 4.78 is 0. The van der Waals surface area contributed by atoms with Gasteiger partial charge < -0.3 is 5.73 Å². The first-order valence-electron chi connectivity index (χ1n) is 11.2. The minimum atomic E-state index is -0.292. The van der Waals surface area contributed by atoms with Crippen LogP contribution in [-0.2, 0) is 10.2 Å². The molecule has 6 rings (SSSR count). The average molecular weight is 377 g/mol. The van der Waals surface area contributed by atoms with E-state index in [0.717, 1.165) is 64.2 Å². The molecule has 0 aromatic heterocycles. The first-order chi connectivity index (χ1) is 13.5. The zero-order valence-corrected chi connectivity index (χ0v) is 16.8. The minimum absolute atomic E-state index is 0.0288. The van der Waals surface area contributed by atoms with E-state index in [0.29, 0.717) is 30.1 Å². The summed E-state index contributed by atoms with van der Waals surface area (Å²) in [7, 11) is 0. The Morgan fingerprint density at radius 2 is 1.79 bits per heavy atom. The number of nitrogens with two attached hydrogens (primary N) is 1. The maximum atomic E-state index is 13.7. The molecule has 0 spiro atoms. The van der Waals surface area contributed by atoms with Crippen molar-refractivity contribution < 1.29 is 4.79 Å². The lowest BCUT2D eigenvalue weighted by molar-refractivity contribution is -0.154. The van der Waals surface area contributed by atoms with E-state index in [9.17, 15) is 10.1 Å². The van der Waals surface area contributed by atoms with Gasteiger partial charge in [-0.05, 0) is 87.0 Å². The standard InChI is InChI=1S/C25H32N2O/c26-17-23-11-19-12-24(14-23,20-4-2-1-3-5-20)16-25(13-19,15-23)22(28)10-18-6-8-21(27)9-7-18/h1-5,18-19,21H,6-16,27H2. The third-order valence-electron chi connectivity index (χ3n) is 8.65. The molecule has 28 heavy (non-hydrogen) atoms. The molecular formula is C25H32N2O. The Kier molecular flexibility index (Phi) is 4.22. The van der Waals surface area contributed by atoms with Crippen LogP contribution in [0.2, 0.25) is 0 Å². The molecule has 3 nitrogen and oxygen atoms in total. The fourth-order valence-corrected chi connectivity index (χ4v) is 7.86. The van der Waals surface area contributed by atoms with Crippen LogP contribution in [0.4, 0.5) is 0 Å². The van der Waals surface area contributed by atoms with E-state index in [1.807, 2.05) is 0 Å². The van der Waals surface area contributed by atoms with Gasteiger partial charge in [-0.25, -0.2) is 0 Å². The van der Waals surface area contributed by atoms with Crippen molar-refractivity contribution in [3.05, 3.63) is 35.9 Å². The second-order valence-electron chi connectivity index (χ2n) is 10.7. The molecule has 0 heterocycles. The Morgan fingerprint density at radius 3 is 2.50 bits per heavy atom. The third-order valence-corrected chi connectivity index (χ3v) is 8.65. The third kappa shape index (κ3) is 2.84. The van der Waals surface area contributed by atoms with Gasteiger partial charge in [0.05, 0.1) is 11.5 Å². The first-order valence-corrected chi connectivity index (χ1v) is 11.2. The van der Waals surface area contributed by atoms with E-state index >= 15 is 0 Å². The van der Waals surface area contributed by atoms with Gasteiger partial charge in [0.2, 0.25) is 0 Å². The van der Waals surface area contributed by atoms with Gasteiger partial charge in [0.1, 0.15) is 5.78 Å². The van der Waals surface area contributed by atoms with Crippen molar-refractivity contribution in [3.63, 3.8) is 0 Å². The molecule has 5 aliphatic carbocycles. The van der Waals surface area contributed by atoms with Crippen LogP contribution < -0.4 is 5.73 Å². The Labute approximate surface area is 168 Å². The molecule has 1 aromatic rings. The molecule has 0 aliphatic heterocycles. The van der Waals surface area contributed by atoms with Gasteiger partial charge in [0.25, 0.3) is 0 Å². The number of carbonyl (C=O) groups is 1. The van der Waals surface area contributed by atoms with Crippen LogP contribution in [-0.4, -0.2) is 11.8 Å². The number of Topliss-reactive ketones (excluding diaryl/α,β-unsaturated/α-hetero) is 1. The number of ketones is 1. The number of nitrogens with zero attached hydrogens (tertiary/aromatic N) is 1. The SMILES string of the molecule is N#CC12CC3CC(C(=O)CC4CCC(N)CC4)(C1)CC(c1ccccc1)(C3)C2. The predicted octanol–water partition coefficient (Wildman–Crippen LogP) is 4.90. The van der Waals surface area contributed by atoms with Crippen molar-refractivity contribution in [2.75, 3.05) is 0 Å². The number of hydrogen-bond acceptors (Lipinski definition) is 3. The van der Waals surface area contributed by atoms with Gasteiger partial charge in [-0.2, -0.15) is 5.26 Å². The molecule has 4 unspecified atom stereocenters. The molecule has 4 bridgehead atoms. The monoisotopic (exact) mass is 376 g/mol. The second kappa shape index (κ2) is 6.42. The number of rotatable bonds is 4. The molecule has 148 valence electrons. The van der Waals surface area contributed by atoms with Crippen LogP contribution in [0.3, 0.4) is 0 Å². The fraction of sp³-hybridized carbons (Fsp3) is 0.680. The fourth-order valence-electron chi connectivity index (χ4n) is 7.86. The van der Waals surface area contributed by atoms with Gasteiger partial charge in [-0.15, -0.1) is 0 Å². The molecule has 0 amide bonds. The highest BCUT2D eigenvalue weighted by Crippen LogP contribution is 2.70. The molecule has 5 fully saturated rings. The topological polar surface area (TPSA) is 66.9 Å². The molecule has 5 aliphatic rings. The largest absolute Gasteiger partial charge is 0.328 e. The summed E-state index contributed by atoms with van der Waals surface area (Å²) in [5, 5.41) is 10.2. The van der Waals surface area contributed by atoms with Crippen molar-refractivity contribution in [2.24, 2.45) is 28.4 Å². The summed E-state index contributed by atoms with van der Waals surface area (Å²) >= 11 is 0. The Hall–Kier alpha value is -1.66. The van der Waals surface area contributed by atoms with Gasteiger partial charge in [0, 0.05) is 17.9 Å². The van der Waals surface area contributed by atoms with E-state index in [1.165, 1.54) is 5.56 Å². The highest BCUT2D eigenvalue weighted by Gasteiger charge is 2.66. The van der Waals surface area contributed by atoms with E-state index < -0.39 is 0 Å². The van der Waals surface area contributed by atoms with Crippen molar-refractivity contribution >= 4 is 5.78 Å². The minimum Gasteiger partial charge on any atom is -0.328 e. The van der Waals surface area contributed by atoms with Crippen LogP contribution in [0.1, 0.15) is 76.2 Å². The normalized spacial score (nSPS) is 44.2. The van der Waals surface area contributed by atoms with Gasteiger partial charge in [-0.1, -0.05) is 30.3 Å². The molecule has 0 saturated heterocycles. The quantitative estimate of drug-likeness (QED) is 0.813. The Bertz CT molecular complexity index is 806. The van der Waals surface area contributed by atoms with Crippen molar-refractivity contribution in [1.29, 1.82) is 5.26 Å². The summed E-state index contributed by atoms with van der Waals surface area (Å²) in [4.78, 5) is 13.7. The van der Waals surface area contributed by atoms with Crippen LogP contribution in [0.25, 0.3) is 0 Å². The smallest absolute Gasteiger partial charge is 0.139 e. The number of carbonyl (C=O) groups excluding carboxylic acids is 1. The predicted molar refractivity (Wildman–Crippen MR) is 109 cm³/mol. The molecule has 0 radical (unpaired) electrons. The summed E-state index contributed by atoms with van der Waals surface area (Å²) in [5.74, 6) is 1.50. The van der Waals surface area contributed by atoms with Gasteiger partial charge in [-0.3, -0.25) is 4.79 Å². The summed E-state index contributed by atoms with van der Waals surface area (Å²) in [6, 6.07) is 13.8. The molecule has 3 heteroatoms. The molecule has 5 saturated carbocycles. The summed E-state index contributed by atoms with van der Waals surface area (Å²) in [6.07, 6.45) is 10.9. The number of benzene rings is 1. The van der Waals surface area contributed by atoms with Crippen LogP contribution in [0, 0.1) is 34.0 Å². The molecule has 4 atom stereocenters. The highest BCUT2D eigenvalue weighted by molar-refractivity contribution is 5.86. The van der Waals surface area contributed by atoms with E-state index in [4.69, 9.17) is 5.73 Å². The van der Waals surface area contributed by atoms with Crippen molar-refractivity contribution in [2.45, 2.75) is 82.1 Å². The Morgan fingerprint density at radius 1 is 1.04 bits per heavy atom.